The van der Waals surface area contributed by atoms with Gasteiger partial charge in [0.15, 0.2) is 17.3 Å². The largest absolute Gasteiger partial charge is 0.493 e. The second-order valence-electron chi connectivity index (χ2n) is 8.98. The maximum absolute atomic E-state index is 13.1. The van der Waals surface area contributed by atoms with E-state index in [4.69, 9.17) is 18.9 Å². The summed E-state index contributed by atoms with van der Waals surface area (Å²) in [7, 11) is 4.71. The van der Waals surface area contributed by atoms with Crippen LogP contribution in [0.3, 0.4) is 0 Å². The highest BCUT2D eigenvalue weighted by molar-refractivity contribution is 6.03. The average Bonchev–Trinajstić information content (AvgIpc) is 2.97. The first-order chi connectivity index (χ1) is 16.0. The van der Waals surface area contributed by atoms with E-state index in [0.717, 1.165) is 36.9 Å². The van der Waals surface area contributed by atoms with Gasteiger partial charge in [0, 0.05) is 17.7 Å². The molecule has 0 saturated heterocycles. The zero-order chi connectivity index (χ0) is 23.5. The number of methoxy groups -OCH3 is 3. The second kappa shape index (κ2) is 9.89. The highest BCUT2D eigenvalue weighted by Crippen LogP contribution is 2.43. The molecule has 33 heavy (non-hydrogen) atoms. The molecule has 1 atom stereocenters. The number of hydrogen-bond donors (Lipinski definition) is 1. The van der Waals surface area contributed by atoms with E-state index < -0.39 is 0 Å². The maximum atomic E-state index is 13.1. The Morgan fingerprint density at radius 3 is 2.15 bits per heavy atom. The quantitative estimate of drug-likeness (QED) is 0.479. The topological polar surface area (TPSA) is 86.9 Å². The van der Waals surface area contributed by atoms with Crippen molar-refractivity contribution in [3.8, 4) is 17.2 Å². The van der Waals surface area contributed by atoms with E-state index in [9.17, 15) is 9.59 Å². The fourth-order valence-corrected chi connectivity index (χ4v) is 5.18. The van der Waals surface area contributed by atoms with Crippen LogP contribution < -0.4 is 14.2 Å². The monoisotopic (exact) mass is 455 g/mol. The van der Waals surface area contributed by atoms with Crippen molar-refractivity contribution in [2.24, 2.45) is 0 Å². The molecule has 0 spiro atoms. The number of aromatic amines is 1. The van der Waals surface area contributed by atoms with Crippen molar-refractivity contribution in [1.29, 1.82) is 0 Å². The van der Waals surface area contributed by atoms with E-state index in [1.165, 1.54) is 12.8 Å². The van der Waals surface area contributed by atoms with Gasteiger partial charge in [0.05, 0.1) is 21.3 Å². The lowest BCUT2D eigenvalue weighted by atomic mass is 9.81. The molecule has 1 saturated carbocycles. The Bertz CT molecular complexity index is 1010. The third kappa shape index (κ3) is 4.59. The molecular formula is C26H33NO6. The van der Waals surface area contributed by atoms with Crippen LogP contribution in [0, 0.1) is 6.92 Å². The molecule has 1 N–H and O–H groups in total. The molecule has 0 aliphatic heterocycles. The van der Waals surface area contributed by atoms with Crippen molar-refractivity contribution in [1.82, 2.24) is 4.98 Å². The van der Waals surface area contributed by atoms with E-state index in [1.54, 1.807) is 21.3 Å². The Morgan fingerprint density at radius 2 is 1.58 bits per heavy atom. The van der Waals surface area contributed by atoms with Gasteiger partial charge < -0.3 is 23.9 Å². The molecular weight excluding hydrogens is 422 g/mol. The third-order valence-corrected chi connectivity index (χ3v) is 6.93. The standard InChI is InChI=1S/C26H33NO6/c1-15-23-19(27-24(15)26(29)33-18-9-7-5-6-8-10-18)11-16(12-20(23)28)17-13-21(30-2)25(32-4)22(14-17)31-3/h13-14,16,18,27H,5-12H2,1-4H3/t16-/m1/s1. The fraction of sp³-hybridized carbons (Fsp3) is 0.538. The minimum absolute atomic E-state index is 0.0252. The van der Waals surface area contributed by atoms with E-state index in [1.807, 2.05) is 19.1 Å². The third-order valence-electron chi connectivity index (χ3n) is 6.93. The number of ketones is 1. The lowest BCUT2D eigenvalue weighted by Crippen LogP contribution is -2.19. The lowest BCUT2D eigenvalue weighted by Gasteiger charge is -2.24. The molecule has 0 amide bonds. The van der Waals surface area contributed by atoms with Crippen LogP contribution in [0.5, 0.6) is 17.2 Å². The van der Waals surface area contributed by atoms with Crippen LogP contribution in [0.1, 0.15) is 88.5 Å². The van der Waals surface area contributed by atoms with Crippen LogP contribution in [-0.2, 0) is 11.2 Å². The molecule has 2 aliphatic rings. The summed E-state index contributed by atoms with van der Waals surface area (Å²) in [6.07, 6.45) is 7.31. The molecule has 1 heterocycles. The first kappa shape index (κ1) is 23.2. The molecule has 0 radical (unpaired) electrons. The number of carbonyl (C=O) groups is 2. The van der Waals surface area contributed by atoms with Crippen LogP contribution in [0.2, 0.25) is 0 Å². The Labute approximate surface area is 194 Å². The molecule has 0 bridgehead atoms. The predicted octanol–water partition coefficient (Wildman–Crippen LogP) is 5.14. The molecule has 4 rings (SSSR count). The van der Waals surface area contributed by atoms with E-state index in [0.29, 0.717) is 46.9 Å². The number of rotatable bonds is 6. The van der Waals surface area contributed by atoms with Crippen molar-refractivity contribution < 1.29 is 28.5 Å². The first-order valence-corrected chi connectivity index (χ1v) is 11.7. The minimum Gasteiger partial charge on any atom is -0.493 e. The molecule has 1 fully saturated rings. The van der Waals surface area contributed by atoms with Gasteiger partial charge in [-0.3, -0.25) is 4.79 Å². The van der Waals surface area contributed by atoms with Crippen molar-refractivity contribution in [3.63, 3.8) is 0 Å². The van der Waals surface area contributed by atoms with Crippen molar-refractivity contribution in [2.75, 3.05) is 21.3 Å². The minimum atomic E-state index is -0.356. The molecule has 0 unspecified atom stereocenters. The van der Waals surface area contributed by atoms with E-state index in [-0.39, 0.29) is 23.8 Å². The van der Waals surface area contributed by atoms with Gasteiger partial charge in [0.1, 0.15) is 11.8 Å². The number of H-pyrrole nitrogens is 1. The molecule has 7 nitrogen and oxygen atoms in total. The molecule has 2 aliphatic carbocycles. The normalized spacial score (nSPS) is 18.9. The number of carbonyl (C=O) groups excluding carboxylic acids is 2. The molecule has 1 aromatic carbocycles. The summed E-state index contributed by atoms with van der Waals surface area (Å²) in [4.78, 5) is 29.3. The first-order valence-electron chi connectivity index (χ1n) is 11.7. The van der Waals surface area contributed by atoms with Crippen LogP contribution in [0.25, 0.3) is 0 Å². The van der Waals surface area contributed by atoms with Gasteiger partial charge in [-0.25, -0.2) is 4.79 Å². The van der Waals surface area contributed by atoms with Crippen molar-refractivity contribution in [2.45, 2.75) is 70.3 Å². The number of hydrogen-bond acceptors (Lipinski definition) is 6. The number of fused-ring (bicyclic) bond motifs is 1. The van der Waals surface area contributed by atoms with Crippen LogP contribution in [0.4, 0.5) is 0 Å². The van der Waals surface area contributed by atoms with Crippen LogP contribution in [0.15, 0.2) is 12.1 Å². The highest BCUT2D eigenvalue weighted by Gasteiger charge is 2.33. The van der Waals surface area contributed by atoms with Gasteiger partial charge in [-0.2, -0.15) is 0 Å². The fourth-order valence-electron chi connectivity index (χ4n) is 5.18. The molecule has 1 aromatic heterocycles. The Balaban J connectivity index is 1.59. The summed E-state index contributed by atoms with van der Waals surface area (Å²) in [5, 5.41) is 0. The second-order valence-corrected chi connectivity index (χ2v) is 8.98. The predicted molar refractivity (Wildman–Crippen MR) is 124 cm³/mol. The van der Waals surface area contributed by atoms with E-state index in [2.05, 4.69) is 4.98 Å². The smallest absolute Gasteiger partial charge is 0.355 e. The number of benzene rings is 1. The number of aromatic nitrogens is 1. The number of ether oxygens (including phenoxy) is 4. The molecule has 178 valence electrons. The number of esters is 1. The Kier molecular flexibility index (Phi) is 6.96. The summed E-state index contributed by atoms with van der Waals surface area (Å²) < 4.78 is 22.2. The summed E-state index contributed by atoms with van der Waals surface area (Å²) in [5.74, 6) is 1.23. The number of nitrogens with one attached hydrogen (secondary N) is 1. The average molecular weight is 456 g/mol. The summed E-state index contributed by atoms with van der Waals surface area (Å²) >= 11 is 0. The van der Waals surface area contributed by atoms with Gasteiger partial charge in [-0.15, -0.1) is 0 Å². The Hall–Kier alpha value is -2.96. The number of Topliss-reactive ketones (excluding diaryl/α,β-unsaturated/α-hetero) is 1. The van der Waals surface area contributed by atoms with E-state index >= 15 is 0 Å². The zero-order valence-electron chi connectivity index (χ0n) is 19.9. The van der Waals surface area contributed by atoms with Gasteiger partial charge in [0.2, 0.25) is 5.75 Å². The lowest BCUT2D eigenvalue weighted by molar-refractivity contribution is 0.0260. The summed E-state index contributed by atoms with van der Waals surface area (Å²) in [6, 6.07) is 3.78. The van der Waals surface area contributed by atoms with Gasteiger partial charge >= 0.3 is 5.97 Å². The summed E-state index contributed by atoms with van der Waals surface area (Å²) in [6.45, 7) is 1.83. The zero-order valence-corrected chi connectivity index (χ0v) is 19.9. The van der Waals surface area contributed by atoms with Gasteiger partial charge in [0.25, 0.3) is 0 Å². The van der Waals surface area contributed by atoms with Gasteiger partial charge in [-0.05, 0) is 68.2 Å². The van der Waals surface area contributed by atoms with Gasteiger partial charge in [-0.1, -0.05) is 12.8 Å². The summed E-state index contributed by atoms with van der Waals surface area (Å²) in [5.41, 5.74) is 3.44. The van der Waals surface area contributed by atoms with Crippen molar-refractivity contribution >= 4 is 11.8 Å². The maximum Gasteiger partial charge on any atom is 0.355 e. The SMILES string of the molecule is COc1cc([C@H]2CC(=O)c3c([nH]c(C(=O)OC4CCCCCC4)c3C)C2)cc(OC)c1OC. The van der Waals surface area contributed by atoms with Crippen LogP contribution in [-0.4, -0.2) is 44.2 Å². The molecule has 7 heteroatoms. The Morgan fingerprint density at radius 1 is 0.939 bits per heavy atom. The van der Waals surface area contributed by atoms with Crippen molar-refractivity contribution in [3.05, 3.63) is 40.2 Å². The molecule has 2 aromatic rings. The highest BCUT2D eigenvalue weighted by atomic mass is 16.5. The van der Waals surface area contributed by atoms with Crippen LogP contribution >= 0.6 is 0 Å².